The van der Waals surface area contributed by atoms with E-state index in [1.165, 1.54) is 5.56 Å². The van der Waals surface area contributed by atoms with Gasteiger partial charge in [0.2, 0.25) is 0 Å². The van der Waals surface area contributed by atoms with E-state index in [1.807, 2.05) is 18.2 Å². The van der Waals surface area contributed by atoms with E-state index in [9.17, 15) is 0 Å². The number of ether oxygens (including phenoxy) is 1. The van der Waals surface area contributed by atoms with Gasteiger partial charge in [0.05, 0.1) is 5.92 Å². The molecule has 0 saturated carbocycles. The molecule has 3 heterocycles. The van der Waals surface area contributed by atoms with Gasteiger partial charge in [0.1, 0.15) is 29.0 Å². The van der Waals surface area contributed by atoms with Gasteiger partial charge >= 0.3 is 0 Å². The molecular weight excluding hydrogens is 542 g/mol. The van der Waals surface area contributed by atoms with E-state index in [0.29, 0.717) is 11.6 Å². The molecule has 0 bridgehead atoms. The highest BCUT2D eigenvalue weighted by molar-refractivity contribution is 6.02. The first-order chi connectivity index (χ1) is 21.8. The summed E-state index contributed by atoms with van der Waals surface area (Å²) in [4.78, 5) is 15.2. The van der Waals surface area contributed by atoms with Crippen molar-refractivity contribution < 1.29 is 9.15 Å². The van der Waals surface area contributed by atoms with Gasteiger partial charge in [0.15, 0.2) is 11.6 Å². The lowest BCUT2D eigenvalue weighted by Gasteiger charge is -2.22. The Bertz CT molecular complexity index is 2100. The van der Waals surface area contributed by atoms with Crippen LogP contribution in [0.2, 0.25) is 0 Å². The quantitative estimate of drug-likeness (QED) is 0.215. The number of furan rings is 1. The van der Waals surface area contributed by atoms with Gasteiger partial charge in [-0.2, -0.15) is 0 Å². The third-order valence-corrected chi connectivity index (χ3v) is 9.07. The predicted molar refractivity (Wildman–Crippen MR) is 174 cm³/mol. The minimum absolute atomic E-state index is 0.0343. The molecule has 0 fully saturated rings. The van der Waals surface area contributed by atoms with E-state index in [0.717, 1.165) is 75.4 Å². The number of para-hydroxylation sites is 1. The number of rotatable bonds is 4. The van der Waals surface area contributed by atoms with E-state index in [2.05, 4.69) is 103 Å². The predicted octanol–water partition coefficient (Wildman–Crippen LogP) is 9.01. The number of nitrogens with zero attached hydrogens (tertiary/aromatic N) is 3. The highest BCUT2D eigenvalue weighted by atomic mass is 16.5. The fourth-order valence-electron chi connectivity index (χ4n) is 7.00. The Hall–Kier alpha value is -5.29. The zero-order valence-electron chi connectivity index (χ0n) is 24.1. The van der Waals surface area contributed by atoms with Gasteiger partial charge in [-0.25, -0.2) is 15.0 Å². The van der Waals surface area contributed by atoms with Crippen molar-refractivity contribution in [3.63, 3.8) is 0 Å². The molecule has 0 N–H and O–H groups in total. The fourth-order valence-corrected chi connectivity index (χ4v) is 7.00. The Labute approximate surface area is 255 Å². The SMILES string of the molecule is C1=CCC(c2nc(C3=CC=CC4Oc5c(-c6cccc7oc8c(c67)C=CCC8)cccc5C34)nc(-c3ccccc3)n2)C=C1. The first-order valence-electron chi connectivity index (χ1n) is 15.4. The summed E-state index contributed by atoms with van der Waals surface area (Å²) >= 11 is 0. The number of aromatic nitrogens is 3. The molecule has 1 aliphatic heterocycles. The summed E-state index contributed by atoms with van der Waals surface area (Å²) in [7, 11) is 0. The molecule has 5 nitrogen and oxygen atoms in total. The van der Waals surface area contributed by atoms with Crippen LogP contribution < -0.4 is 4.74 Å². The first-order valence-corrected chi connectivity index (χ1v) is 15.4. The molecule has 44 heavy (non-hydrogen) atoms. The van der Waals surface area contributed by atoms with Gasteiger partial charge in [-0.15, -0.1) is 0 Å². The molecular formula is C39H29N3O2. The van der Waals surface area contributed by atoms with Crippen molar-refractivity contribution in [3.8, 4) is 28.3 Å². The van der Waals surface area contributed by atoms with Gasteiger partial charge in [0, 0.05) is 45.6 Å². The number of fused-ring (bicyclic) bond motifs is 6. The van der Waals surface area contributed by atoms with Gasteiger partial charge < -0.3 is 9.15 Å². The van der Waals surface area contributed by atoms with Crippen LogP contribution in [0.15, 0.2) is 120 Å². The van der Waals surface area contributed by atoms with Crippen LogP contribution in [-0.4, -0.2) is 21.1 Å². The Morgan fingerprint density at radius 3 is 2.55 bits per heavy atom. The van der Waals surface area contributed by atoms with Crippen molar-refractivity contribution in [3.05, 3.63) is 144 Å². The topological polar surface area (TPSA) is 61.0 Å². The number of hydrogen-bond acceptors (Lipinski definition) is 5. The van der Waals surface area contributed by atoms with E-state index in [4.69, 9.17) is 24.1 Å². The van der Waals surface area contributed by atoms with Gasteiger partial charge in [0.25, 0.3) is 0 Å². The molecule has 0 amide bonds. The molecule has 5 heteroatoms. The largest absolute Gasteiger partial charge is 0.484 e. The summed E-state index contributed by atoms with van der Waals surface area (Å²) in [6.07, 6.45) is 22.0. The average molecular weight is 572 g/mol. The van der Waals surface area contributed by atoms with Crippen molar-refractivity contribution in [1.29, 1.82) is 0 Å². The second kappa shape index (κ2) is 10.2. The molecule has 0 radical (unpaired) electrons. The first kappa shape index (κ1) is 25.2. The third kappa shape index (κ3) is 4.04. The maximum atomic E-state index is 6.81. The molecule has 3 aliphatic carbocycles. The van der Waals surface area contributed by atoms with Crippen LogP contribution in [0.4, 0.5) is 0 Å². The highest BCUT2D eigenvalue weighted by Gasteiger charge is 2.40. The van der Waals surface area contributed by atoms with Crippen LogP contribution in [0, 0.1) is 0 Å². The Balaban J connectivity index is 1.18. The number of hydrogen-bond donors (Lipinski definition) is 0. The van der Waals surface area contributed by atoms with Gasteiger partial charge in [-0.05, 0) is 30.5 Å². The molecule has 4 aliphatic rings. The minimum Gasteiger partial charge on any atom is -0.484 e. The summed E-state index contributed by atoms with van der Waals surface area (Å²) in [5, 5.41) is 1.15. The lowest BCUT2D eigenvalue weighted by Crippen LogP contribution is -2.21. The van der Waals surface area contributed by atoms with Crippen molar-refractivity contribution in [2.75, 3.05) is 0 Å². The molecule has 3 aromatic carbocycles. The molecule has 0 spiro atoms. The Kier molecular flexibility index (Phi) is 5.83. The molecule has 9 rings (SSSR count). The van der Waals surface area contributed by atoms with E-state index >= 15 is 0 Å². The van der Waals surface area contributed by atoms with E-state index < -0.39 is 0 Å². The Morgan fingerprint density at radius 2 is 1.64 bits per heavy atom. The minimum atomic E-state index is -0.151. The lowest BCUT2D eigenvalue weighted by atomic mass is 9.83. The van der Waals surface area contributed by atoms with Crippen LogP contribution in [0.3, 0.4) is 0 Å². The normalized spacial score (nSPS) is 21.1. The molecule has 3 unspecified atom stereocenters. The van der Waals surface area contributed by atoms with E-state index in [-0.39, 0.29) is 17.9 Å². The van der Waals surface area contributed by atoms with Crippen LogP contribution in [0.1, 0.15) is 53.2 Å². The maximum absolute atomic E-state index is 6.81. The van der Waals surface area contributed by atoms with E-state index in [1.54, 1.807) is 0 Å². The molecule has 2 aromatic heterocycles. The average Bonchev–Trinajstić information content (AvgIpc) is 3.68. The van der Waals surface area contributed by atoms with Crippen molar-refractivity contribution >= 4 is 22.6 Å². The van der Waals surface area contributed by atoms with Gasteiger partial charge in [-0.3, -0.25) is 0 Å². The second-order valence-corrected chi connectivity index (χ2v) is 11.7. The van der Waals surface area contributed by atoms with Crippen LogP contribution >= 0.6 is 0 Å². The summed E-state index contributed by atoms with van der Waals surface area (Å²) < 4.78 is 13.1. The summed E-state index contributed by atoms with van der Waals surface area (Å²) in [6.45, 7) is 0. The Morgan fingerprint density at radius 1 is 0.750 bits per heavy atom. The highest BCUT2D eigenvalue weighted by Crippen LogP contribution is 2.52. The number of benzene rings is 3. The van der Waals surface area contributed by atoms with Crippen molar-refractivity contribution in [2.24, 2.45) is 0 Å². The zero-order chi connectivity index (χ0) is 29.0. The van der Waals surface area contributed by atoms with Crippen molar-refractivity contribution in [2.45, 2.75) is 37.2 Å². The summed E-state index contributed by atoms with van der Waals surface area (Å²) in [5.41, 5.74) is 7.50. The third-order valence-electron chi connectivity index (χ3n) is 9.07. The van der Waals surface area contributed by atoms with Crippen LogP contribution in [-0.2, 0) is 6.42 Å². The van der Waals surface area contributed by atoms with Crippen LogP contribution in [0.5, 0.6) is 5.75 Å². The van der Waals surface area contributed by atoms with Crippen molar-refractivity contribution in [1.82, 2.24) is 15.0 Å². The monoisotopic (exact) mass is 571 g/mol. The maximum Gasteiger partial charge on any atom is 0.163 e. The summed E-state index contributed by atoms with van der Waals surface area (Å²) in [5.74, 6) is 4.24. The number of aryl methyl sites for hydroxylation is 1. The molecule has 5 aromatic rings. The molecule has 3 atom stereocenters. The standard InChI is InChI=1S/C39H29N3O2/c1-3-12-24(13-4-1)37-40-38(25-14-5-2-6-15-25)42-39(41-37)30-20-11-23-33-35(30)29-19-9-18-27(36(29)44-33)26-17-10-22-32-34(26)28-16-7-8-21-31(28)43-32/h1-7,9-14,16-20,22-23,25,33,35H,8,15,21H2. The van der Waals surface area contributed by atoms with Crippen LogP contribution in [0.25, 0.3) is 45.1 Å². The smallest absolute Gasteiger partial charge is 0.163 e. The lowest BCUT2D eigenvalue weighted by molar-refractivity contribution is 0.272. The van der Waals surface area contributed by atoms with Gasteiger partial charge in [-0.1, -0.05) is 109 Å². The molecule has 0 saturated heterocycles. The molecule has 212 valence electrons. The fraction of sp³-hybridized carbons (Fsp3) is 0.154. The second-order valence-electron chi connectivity index (χ2n) is 11.7. The summed E-state index contributed by atoms with van der Waals surface area (Å²) in [6, 6.07) is 23.0. The number of allylic oxidation sites excluding steroid dienone is 7. The zero-order valence-corrected chi connectivity index (χ0v) is 24.1.